The number of aliphatic hydroxyl groups is 1. The zero-order chi connectivity index (χ0) is 14.7. The van der Waals surface area contributed by atoms with E-state index in [4.69, 9.17) is 4.42 Å². The first kappa shape index (κ1) is 14.3. The molecule has 0 amide bonds. The second kappa shape index (κ2) is 6.39. The van der Waals surface area contributed by atoms with E-state index < -0.39 is 0 Å². The lowest BCUT2D eigenvalue weighted by atomic mass is 10.3. The van der Waals surface area contributed by atoms with Crippen LogP contribution in [-0.4, -0.2) is 22.7 Å². The molecule has 3 rings (SSSR count). The summed E-state index contributed by atoms with van der Waals surface area (Å²) in [4.78, 5) is 4.58. The Hall–Kier alpha value is -1.69. The third-order valence-corrected chi connectivity index (χ3v) is 4.37. The first-order valence-electron chi connectivity index (χ1n) is 7.09. The van der Waals surface area contributed by atoms with E-state index in [1.54, 1.807) is 11.3 Å². The van der Waals surface area contributed by atoms with Crippen molar-refractivity contribution in [3.63, 3.8) is 0 Å². The van der Waals surface area contributed by atoms with Gasteiger partial charge in [0.05, 0.1) is 22.9 Å². The Balaban J connectivity index is 1.69. The molecule has 2 N–H and O–H groups in total. The summed E-state index contributed by atoms with van der Waals surface area (Å²) < 4.78 is 6.98. The maximum atomic E-state index is 9.50. The number of aromatic nitrogens is 1. The van der Waals surface area contributed by atoms with Crippen LogP contribution < -0.4 is 5.32 Å². The molecule has 0 saturated carbocycles. The van der Waals surface area contributed by atoms with E-state index in [1.165, 1.54) is 0 Å². The molecule has 21 heavy (non-hydrogen) atoms. The van der Waals surface area contributed by atoms with Crippen molar-refractivity contribution in [2.24, 2.45) is 0 Å². The molecule has 0 bridgehead atoms. The summed E-state index contributed by atoms with van der Waals surface area (Å²) in [6.45, 7) is 3.15. The molecule has 5 heteroatoms. The SMILES string of the molecule is CCC(O)CNCc1ccc(-c2nc3ccccc3s2)o1. The van der Waals surface area contributed by atoms with Gasteiger partial charge in [-0.05, 0) is 30.7 Å². The molecule has 3 aromatic rings. The standard InChI is InChI=1S/C16H18N2O2S/c1-2-11(19)9-17-10-12-7-8-14(20-12)16-18-13-5-3-4-6-15(13)21-16/h3-8,11,17,19H,2,9-10H2,1H3. The molecule has 0 fully saturated rings. The third kappa shape index (κ3) is 3.32. The molecular formula is C16H18N2O2S. The van der Waals surface area contributed by atoms with Crippen LogP contribution in [0.5, 0.6) is 0 Å². The van der Waals surface area contributed by atoms with E-state index in [9.17, 15) is 5.11 Å². The predicted molar refractivity (Wildman–Crippen MR) is 85.3 cm³/mol. The van der Waals surface area contributed by atoms with Crippen molar-refractivity contribution in [1.29, 1.82) is 0 Å². The van der Waals surface area contributed by atoms with E-state index in [2.05, 4.69) is 16.4 Å². The minimum atomic E-state index is -0.302. The van der Waals surface area contributed by atoms with Gasteiger partial charge in [0.2, 0.25) is 0 Å². The van der Waals surface area contributed by atoms with Crippen molar-refractivity contribution in [2.45, 2.75) is 26.0 Å². The molecule has 0 aliphatic rings. The molecular weight excluding hydrogens is 284 g/mol. The number of nitrogens with one attached hydrogen (secondary N) is 1. The van der Waals surface area contributed by atoms with Gasteiger partial charge in [-0.25, -0.2) is 4.98 Å². The van der Waals surface area contributed by atoms with Gasteiger partial charge in [0.15, 0.2) is 10.8 Å². The molecule has 1 atom stereocenters. The number of hydrogen-bond acceptors (Lipinski definition) is 5. The molecule has 4 nitrogen and oxygen atoms in total. The molecule has 2 aromatic heterocycles. The van der Waals surface area contributed by atoms with Crippen molar-refractivity contribution >= 4 is 21.6 Å². The number of fused-ring (bicyclic) bond motifs is 1. The van der Waals surface area contributed by atoms with Crippen LogP contribution in [0, 0.1) is 0 Å². The number of rotatable bonds is 6. The molecule has 0 aliphatic heterocycles. The van der Waals surface area contributed by atoms with Gasteiger partial charge in [0.25, 0.3) is 0 Å². The highest BCUT2D eigenvalue weighted by molar-refractivity contribution is 7.21. The van der Waals surface area contributed by atoms with Crippen LogP contribution in [-0.2, 0) is 6.54 Å². The lowest BCUT2D eigenvalue weighted by Crippen LogP contribution is -2.25. The van der Waals surface area contributed by atoms with Crippen LogP contribution in [0.3, 0.4) is 0 Å². The van der Waals surface area contributed by atoms with Crippen molar-refractivity contribution in [1.82, 2.24) is 10.3 Å². The van der Waals surface area contributed by atoms with Crippen molar-refractivity contribution in [3.05, 3.63) is 42.2 Å². The van der Waals surface area contributed by atoms with E-state index >= 15 is 0 Å². The smallest absolute Gasteiger partial charge is 0.163 e. The van der Waals surface area contributed by atoms with E-state index in [1.807, 2.05) is 37.3 Å². The van der Waals surface area contributed by atoms with Gasteiger partial charge in [-0.1, -0.05) is 19.1 Å². The Morgan fingerprint density at radius 3 is 2.95 bits per heavy atom. The Morgan fingerprint density at radius 2 is 2.14 bits per heavy atom. The predicted octanol–water partition coefficient (Wildman–Crippen LogP) is 3.42. The molecule has 1 aromatic carbocycles. The van der Waals surface area contributed by atoms with Crippen molar-refractivity contribution in [3.8, 4) is 10.8 Å². The lowest BCUT2D eigenvalue weighted by Gasteiger charge is -2.07. The molecule has 0 saturated heterocycles. The summed E-state index contributed by atoms with van der Waals surface area (Å²) in [7, 11) is 0. The van der Waals surface area contributed by atoms with E-state index in [0.29, 0.717) is 13.1 Å². The largest absolute Gasteiger partial charge is 0.457 e. The number of thiazole rings is 1. The third-order valence-electron chi connectivity index (χ3n) is 3.32. The van der Waals surface area contributed by atoms with Crippen LogP contribution in [0.4, 0.5) is 0 Å². The lowest BCUT2D eigenvalue weighted by molar-refractivity contribution is 0.166. The topological polar surface area (TPSA) is 58.3 Å². The van der Waals surface area contributed by atoms with Crippen molar-refractivity contribution < 1.29 is 9.52 Å². The summed E-state index contributed by atoms with van der Waals surface area (Å²) in [5.41, 5.74) is 1.000. The van der Waals surface area contributed by atoms with E-state index in [0.717, 1.165) is 33.2 Å². The summed E-state index contributed by atoms with van der Waals surface area (Å²) >= 11 is 1.63. The average molecular weight is 302 g/mol. The molecule has 0 spiro atoms. The number of nitrogens with zero attached hydrogens (tertiary/aromatic N) is 1. The number of hydrogen-bond donors (Lipinski definition) is 2. The fourth-order valence-electron chi connectivity index (χ4n) is 2.07. The first-order valence-corrected chi connectivity index (χ1v) is 7.91. The Kier molecular flexibility index (Phi) is 4.34. The number of furan rings is 1. The normalized spacial score (nSPS) is 12.9. The second-order valence-electron chi connectivity index (χ2n) is 4.95. The average Bonchev–Trinajstić information content (AvgIpc) is 3.13. The van der Waals surface area contributed by atoms with Gasteiger partial charge in [-0.15, -0.1) is 11.3 Å². The summed E-state index contributed by atoms with van der Waals surface area (Å²) in [6.07, 6.45) is 0.450. The van der Waals surface area contributed by atoms with Crippen LogP contribution in [0.15, 0.2) is 40.8 Å². The van der Waals surface area contributed by atoms with Crippen LogP contribution >= 0.6 is 11.3 Å². The Bertz CT molecular complexity index is 687. The quantitative estimate of drug-likeness (QED) is 0.732. The van der Waals surface area contributed by atoms with Crippen molar-refractivity contribution in [2.75, 3.05) is 6.54 Å². The van der Waals surface area contributed by atoms with Crippen LogP contribution in [0.1, 0.15) is 19.1 Å². The van der Waals surface area contributed by atoms with Gasteiger partial charge < -0.3 is 14.8 Å². The maximum Gasteiger partial charge on any atom is 0.163 e. The maximum absolute atomic E-state index is 9.50. The van der Waals surface area contributed by atoms with E-state index in [-0.39, 0.29) is 6.10 Å². The zero-order valence-corrected chi connectivity index (χ0v) is 12.7. The van der Waals surface area contributed by atoms with Gasteiger partial charge >= 0.3 is 0 Å². The molecule has 0 radical (unpaired) electrons. The monoisotopic (exact) mass is 302 g/mol. The molecule has 2 heterocycles. The Morgan fingerprint density at radius 1 is 1.29 bits per heavy atom. The minimum absolute atomic E-state index is 0.302. The molecule has 0 aliphatic carbocycles. The Labute approximate surface area is 127 Å². The minimum Gasteiger partial charge on any atom is -0.457 e. The highest BCUT2D eigenvalue weighted by atomic mass is 32.1. The van der Waals surface area contributed by atoms with Crippen LogP contribution in [0.2, 0.25) is 0 Å². The second-order valence-corrected chi connectivity index (χ2v) is 5.98. The van der Waals surface area contributed by atoms with Gasteiger partial charge in [0, 0.05) is 6.54 Å². The number of para-hydroxylation sites is 1. The summed E-state index contributed by atoms with van der Waals surface area (Å²) in [6, 6.07) is 12.0. The highest BCUT2D eigenvalue weighted by Gasteiger charge is 2.10. The fraction of sp³-hybridized carbons (Fsp3) is 0.312. The zero-order valence-electron chi connectivity index (χ0n) is 11.9. The van der Waals surface area contributed by atoms with Gasteiger partial charge in [-0.2, -0.15) is 0 Å². The van der Waals surface area contributed by atoms with Gasteiger partial charge in [-0.3, -0.25) is 0 Å². The van der Waals surface area contributed by atoms with Gasteiger partial charge in [0.1, 0.15) is 5.76 Å². The first-order chi connectivity index (χ1) is 10.3. The molecule has 110 valence electrons. The van der Waals surface area contributed by atoms with Crippen LogP contribution in [0.25, 0.3) is 21.0 Å². The number of aliphatic hydroxyl groups excluding tert-OH is 1. The fourth-order valence-corrected chi connectivity index (χ4v) is 3.00. The highest BCUT2D eigenvalue weighted by Crippen LogP contribution is 2.30. The summed E-state index contributed by atoms with van der Waals surface area (Å²) in [5.74, 6) is 1.65. The molecule has 1 unspecified atom stereocenters. The summed E-state index contributed by atoms with van der Waals surface area (Å²) in [5, 5.41) is 13.6. The number of benzene rings is 1.